The number of nitrogens with zero attached hydrogens (tertiary/aromatic N) is 3. The molecule has 2 aromatic heterocycles. The number of imide groups is 1. The van der Waals surface area contributed by atoms with Crippen LogP contribution in [0.5, 0.6) is 0 Å². The van der Waals surface area contributed by atoms with E-state index >= 15 is 0 Å². The van der Waals surface area contributed by atoms with Gasteiger partial charge < -0.3 is 9.73 Å². The standard InChI is InChI=1S/C16H18N4O3S/c1-10-5-2-3-7-16(10)14(21)20(15(22)17-16)9-12-18-19-13(23-12)11-6-4-8-24-11/h4,6,8,10H,2-3,5,7,9H2,1H3,(H,17,22)/t10-,16-/m1/s1. The molecule has 0 bridgehead atoms. The van der Waals surface area contributed by atoms with Crippen LogP contribution in [0.15, 0.2) is 21.9 Å². The summed E-state index contributed by atoms with van der Waals surface area (Å²) in [6.45, 7) is 2.04. The first-order valence-electron chi connectivity index (χ1n) is 8.10. The van der Waals surface area contributed by atoms with Crippen molar-refractivity contribution >= 4 is 23.3 Å². The van der Waals surface area contributed by atoms with Gasteiger partial charge in [-0.1, -0.05) is 25.8 Å². The Morgan fingerprint density at radius 2 is 2.29 bits per heavy atom. The lowest BCUT2D eigenvalue weighted by molar-refractivity contribution is -0.134. The maximum absolute atomic E-state index is 12.9. The zero-order chi connectivity index (χ0) is 16.7. The van der Waals surface area contributed by atoms with Crippen LogP contribution in [0, 0.1) is 5.92 Å². The highest BCUT2D eigenvalue weighted by Crippen LogP contribution is 2.38. The number of carbonyl (C=O) groups excluding carboxylic acids is 2. The topological polar surface area (TPSA) is 88.3 Å². The Morgan fingerprint density at radius 1 is 1.42 bits per heavy atom. The van der Waals surface area contributed by atoms with Gasteiger partial charge in [0.05, 0.1) is 4.88 Å². The normalized spacial score (nSPS) is 27.0. The van der Waals surface area contributed by atoms with E-state index in [1.807, 2.05) is 24.4 Å². The third-order valence-electron chi connectivity index (χ3n) is 4.99. The molecule has 1 saturated carbocycles. The zero-order valence-corrected chi connectivity index (χ0v) is 14.1. The summed E-state index contributed by atoms with van der Waals surface area (Å²) in [5.74, 6) is 0.642. The highest BCUT2D eigenvalue weighted by Gasteiger charge is 2.55. The minimum Gasteiger partial charge on any atom is -0.418 e. The van der Waals surface area contributed by atoms with Crippen molar-refractivity contribution in [3.8, 4) is 10.8 Å². The van der Waals surface area contributed by atoms with Gasteiger partial charge in [0.2, 0.25) is 5.89 Å². The van der Waals surface area contributed by atoms with Gasteiger partial charge in [0, 0.05) is 0 Å². The van der Waals surface area contributed by atoms with Gasteiger partial charge in [0.15, 0.2) is 0 Å². The number of amides is 3. The molecule has 1 aliphatic heterocycles. The molecule has 8 heteroatoms. The molecule has 2 aliphatic rings. The molecule has 1 saturated heterocycles. The number of carbonyl (C=O) groups is 2. The van der Waals surface area contributed by atoms with Gasteiger partial charge in [-0.15, -0.1) is 21.5 Å². The summed E-state index contributed by atoms with van der Waals surface area (Å²) in [6.07, 6.45) is 3.69. The zero-order valence-electron chi connectivity index (χ0n) is 13.3. The molecule has 0 unspecified atom stereocenters. The van der Waals surface area contributed by atoms with E-state index in [4.69, 9.17) is 4.42 Å². The molecule has 0 radical (unpaired) electrons. The maximum Gasteiger partial charge on any atom is 0.325 e. The summed E-state index contributed by atoms with van der Waals surface area (Å²) < 4.78 is 5.60. The number of urea groups is 1. The molecule has 0 aromatic carbocycles. The van der Waals surface area contributed by atoms with Crippen LogP contribution in [0.25, 0.3) is 10.8 Å². The molecule has 2 aromatic rings. The van der Waals surface area contributed by atoms with Crippen LogP contribution in [0.4, 0.5) is 4.79 Å². The molecule has 2 fully saturated rings. The van der Waals surface area contributed by atoms with Crippen molar-refractivity contribution < 1.29 is 14.0 Å². The molecule has 1 spiro atoms. The Bertz CT molecular complexity index is 772. The fourth-order valence-corrected chi connectivity index (χ4v) is 4.24. The first-order chi connectivity index (χ1) is 11.6. The van der Waals surface area contributed by atoms with Crippen LogP contribution in [-0.2, 0) is 11.3 Å². The van der Waals surface area contributed by atoms with Crippen LogP contribution in [0.2, 0.25) is 0 Å². The maximum atomic E-state index is 12.9. The smallest absolute Gasteiger partial charge is 0.325 e. The van der Waals surface area contributed by atoms with Crippen molar-refractivity contribution in [3.05, 3.63) is 23.4 Å². The summed E-state index contributed by atoms with van der Waals surface area (Å²) in [7, 11) is 0. The van der Waals surface area contributed by atoms with E-state index in [9.17, 15) is 9.59 Å². The van der Waals surface area contributed by atoms with Crippen LogP contribution in [0.3, 0.4) is 0 Å². The fourth-order valence-electron chi connectivity index (χ4n) is 3.59. The second kappa shape index (κ2) is 5.70. The summed E-state index contributed by atoms with van der Waals surface area (Å²) >= 11 is 1.49. The number of hydrogen-bond acceptors (Lipinski definition) is 6. The SMILES string of the molecule is C[C@@H]1CCCC[C@@]12NC(=O)N(Cc1nnc(-c3cccs3)o1)C2=O. The molecule has 4 rings (SSSR count). The van der Waals surface area contributed by atoms with Crippen LogP contribution in [-0.4, -0.2) is 32.6 Å². The van der Waals surface area contributed by atoms with Crippen LogP contribution in [0.1, 0.15) is 38.5 Å². The second-order valence-electron chi connectivity index (χ2n) is 6.42. The number of aromatic nitrogens is 2. The summed E-state index contributed by atoms with van der Waals surface area (Å²) in [5, 5.41) is 12.8. The van der Waals surface area contributed by atoms with Gasteiger partial charge >= 0.3 is 6.03 Å². The Hall–Kier alpha value is -2.22. The predicted molar refractivity (Wildman–Crippen MR) is 87.1 cm³/mol. The third-order valence-corrected chi connectivity index (χ3v) is 5.85. The van der Waals surface area contributed by atoms with E-state index in [-0.39, 0.29) is 30.3 Å². The molecule has 126 valence electrons. The molecular weight excluding hydrogens is 328 g/mol. The van der Waals surface area contributed by atoms with E-state index in [2.05, 4.69) is 15.5 Å². The molecular formula is C16H18N4O3S. The van der Waals surface area contributed by atoms with Crippen molar-refractivity contribution in [2.75, 3.05) is 0 Å². The number of thiophene rings is 1. The lowest BCUT2D eigenvalue weighted by Crippen LogP contribution is -2.53. The van der Waals surface area contributed by atoms with E-state index in [1.165, 1.54) is 16.2 Å². The quantitative estimate of drug-likeness (QED) is 0.863. The van der Waals surface area contributed by atoms with Gasteiger partial charge in [0.25, 0.3) is 11.8 Å². The van der Waals surface area contributed by atoms with Crippen LogP contribution >= 0.6 is 11.3 Å². The van der Waals surface area contributed by atoms with Crippen molar-refractivity contribution in [1.82, 2.24) is 20.4 Å². The van der Waals surface area contributed by atoms with Crippen molar-refractivity contribution in [2.24, 2.45) is 5.92 Å². The van der Waals surface area contributed by atoms with E-state index in [1.54, 1.807) is 0 Å². The molecule has 7 nitrogen and oxygen atoms in total. The Morgan fingerprint density at radius 3 is 3.04 bits per heavy atom. The fraction of sp³-hybridized carbons (Fsp3) is 0.500. The second-order valence-corrected chi connectivity index (χ2v) is 7.37. The van der Waals surface area contributed by atoms with Crippen molar-refractivity contribution in [1.29, 1.82) is 0 Å². The first-order valence-corrected chi connectivity index (χ1v) is 8.98. The molecule has 1 aliphatic carbocycles. The lowest BCUT2D eigenvalue weighted by Gasteiger charge is -2.36. The molecule has 3 amide bonds. The molecule has 2 atom stereocenters. The highest BCUT2D eigenvalue weighted by atomic mass is 32.1. The summed E-state index contributed by atoms with van der Waals surface area (Å²) in [5.41, 5.74) is -0.758. The first kappa shape index (κ1) is 15.3. The average molecular weight is 346 g/mol. The van der Waals surface area contributed by atoms with Gasteiger partial charge in [-0.25, -0.2) is 4.79 Å². The van der Waals surface area contributed by atoms with Crippen molar-refractivity contribution in [2.45, 2.75) is 44.7 Å². The van der Waals surface area contributed by atoms with Crippen molar-refractivity contribution in [3.63, 3.8) is 0 Å². The van der Waals surface area contributed by atoms with Gasteiger partial charge in [0.1, 0.15) is 12.1 Å². The van der Waals surface area contributed by atoms with E-state index in [0.29, 0.717) is 12.3 Å². The van der Waals surface area contributed by atoms with Crippen LogP contribution < -0.4 is 5.32 Å². The molecule has 1 N–H and O–H groups in total. The number of rotatable bonds is 3. The predicted octanol–water partition coefficient (Wildman–Crippen LogP) is 2.80. The monoisotopic (exact) mass is 346 g/mol. The molecule has 24 heavy (non-hydrogen) atoms. The Balaban J connectivity index is 1.55. The summed E-state index contributed by atoms with van der Waals surface area (Å²) in [6, 6.07) is 3.41. The number of hydrogen-bond donors (Lipinski definition) is 1. The Labute approximate surface area is 143 Å². The van der Waals surface area contributed by atoms with Gasteiger partial charge in [-0.05, 0) is 30.2 Å². The summed E-state index contributed by atoms with van der Waals surface area (Å²) in [4.78, 5) is 27.3. The largest absolute Gasteiger partial charge is 0.418 e. The minimum absolute atomic E-state index is 0.0114. The van der Waals surface area contributed by atoms with E-state index in [0.717, 1.165) is 24.1 Å². The average Bonchev–Trinajstić information content (AvgIpc) is 3.28. The highest BCUT2D eigenvalue weighted by molar-refractivity contribution is 7.13. The number of nitrogens with one attached hydrogen (secondary N) is 1. The molecule has 3 heterocycles. The van der Waals surface area contributed by atoms with Gasteiger partial charge in [-0.3, -0.25) is 9.69 Å². The Kier molecular flexibility index (Phi) is 3.64. The minimum atomic E-state index is -0.758. The van der Waals surface area contributed by atoms with Gasteiger partial charge in [-0.2, -0.15) is 0 Å². The third kappa shape index (κ3) is 2.32. The lowest BCUT2D eigenvalue weighted by atomic mass is 9.73. The van der Waals surface area contributed by atoms with E-state index < -0.39 is 5.54 Å².